The average Bonchev–Trinajstić information content (AvgIpc) is 3.09. The van der Waals surface area contributed by atoms with Gasteiger partial charge in [0.05, 0.1) is 16.8 Å². The lowest BCUT2D eigenvalue weighted by Gasteiger charge is -2.14. The highest BCUT2D eigenvalue weighted by molar-refractivity contribution is 9.10. The van der Waals surface area contributed by atoms with Gasteiger partial charge in [-0.25, -0.2) is 0 Å². The number of rotatable bonds is 8. The van der Waals surface area contributed by atoms with E-state index in [1.165, 1.54) is 11.3 Å². The molecule has 0 saturated heterocycles. The molecular weight excluding hydrogens is 428 g/mol. The second kappa shape index (κ2) is 9.79. The Morgan fingerprint density at radius 3 is 2.84 bits per heavy atom. The third-order valence-corrected chi connectivity index (χ3v) is 4.71. The molecule has 5 nitrogen and oxygen atoms in total. The number of nitrogens with one attached hydrogen (secondary N) is 2. The first-order valence-electron chi connectivity index (χ1n) is 7.73. The molecule has 1 aromatic carbocycles. The fourth-order valence-electron chi connectivity index (χ4n) is 2.10. The third-order valence-electron chi connectivity index (χ3n) is 3.22. The molecule has 0 saturated carbocycles. The Kier molecular flexibility index (Phi) is 7.74. The predicted molar refractivity (Wildman–Crippen MR) is 105 cm³/mol. The molecule has 8 heteroatoms. The van der Waals surface area contributed by atoms with Gasteiger partial charge in [0.25, 0.3) is 5.91 Å². The van der Waals surface area contributed by atoms with Crippen LogP contribution in [0.5, 0.6) is 5.75 Å². The summed E-state index contributed by atoms with van der Waals surface area (Å²) in [5.41, 5.74) is 1.16. The van der Waals surface area contributed by atoms with Crippen LogP contribution in [0.1, 0.15) is 30.1 Å². The van der Waals surface area contributed by atoms with Crippen molar-refractivity contribution >= 4 is 56.4 Å². The summed E-state index contributed by atoms with van der Waals surface area (Å²) in [5, 5.41) is 9.72. The van der Waals surface area contributed by atoms with E-state index in [2.05, 4.69) is 26.6 Å². The van der Waals surface area contributed by atoms with Gasteiger partial charge in [0.15, 0.2) is 5.75 Å². The molecule has 25 heavy (non-hydrogen) atoms. The van der Waals surface area contributed by atoms with Gasteiger partial charge < -0.3 is 15.4 Å². The Balaban J connectivity index is 1.83. The molecule has 0 aliphatic rings. The molecule has 1 heterocycles. The van der Waals surface area contributed by atoms with Crippen molar-refractivity contribution in [1.29, 1.82) is 0 Å². The average molecular weight is 446 g/mol. The quantitative estimate of drug-likeness (QED) is 0.578. The van der Waals surface area contributed by atoms with Crippen molar-refractivity contribution in [1.82, 2.24) is 5.32 Å². The molecule has 1 aromatic heterocycles. The van der Waals surface area contributed by atoms with Gasteiger partial charge >= 0.3 is 0 Å². The van der Waals surface area contributed by atoms with Crippen molar-refractivity contribution in [3.8, 4) is 5.75 Å². The largest absolute Gasteiger partial charge is 0.491 e. The van der Waals surface area contributed by atoms with Crippen LogP contribution in [0.15, 0.2) is 33.4 Å². The van der Waals surface area contributed by atoms with Crippen LogP contribution in [0.2, 0.25) is 5.02 Å². The number of benzene rings is 1. The molecule has 0 aliphatic heterocycles. The van der Waals surface area contributed by atoms with Crippen molar-refractivity contribution in [3.63, 3.8) is 0 Å². The Labute approximate surface area is 163 Å². The molecule has 0 fully saturated rings. The zero-order valence-corrected chi connectivity index (χ0v) is 16.8. The van der Waals surface area contributed by atoms with Gasteiger partial charge in [-0.3, -0.25) is 9.59 Å². The number of carbonyl (C=O) groups is 2. The summed E-state index contributed by atoms with van der Waals surface area (Å²) in [4.78, 5) is 23.9. The molecular formula is C17H18BrClN2O3S. The molecule has 0 unspecified atom stereocenters. The second-order valence-electron chi connectivity index (χ2n) is 5.12. The summed E-state index contributed by atoms with van der Waals surface area (Å²) in [7, 11) is 0. The standard InChI is InChI=1S/C17H18BrClN2O3S/c1-2-24-16-13(18)8-12(19)9-14(16)21-15(22)4-3-6-20-17(23)11-5-7-25-10-11/h5,7-10H,2-4,6H2,1H3,(H,20,23)(H,21,22). The Morgan fingerprint density at radius 2 is 2.16 bits per heavy atom. The summed E-state index contributed by atoms with van der Waals surface area (Å²) >= 11 is 10.9. The lowest BCUT2D eigenvalue weighted by atomic mass is 10.2. The number of halogens is 2. The molecule has 2 N–H and O–H groups in total. The van der Waals surface area contributed by atoms with Crippen molar-refractivity contribution < 1.29 is 14.3 Å². The summed E-state index contributed by atoms with van der Waals surface area (Å²) in [6.45, 7) is 2.76. The zero-order chi connectivity index (χ0) is 18.2. The minimum Gasteiger partial charge on any atom is -0.491 e. The number of anilines is 1. The van der Waals surface area contributed by atoms with Gasteiger partial charge in [0.1, 0.15) is 0 Å². The Hall–Kier alpha value is -1.57. The zero-order valence-electron chi connectivity index (χ0n) is 13.6. The second-order valence-corrected chi connectivity index (χ2v) is 7.19. The molecule has 0 atom stereocenters. The lowest BCUT2D eigenvalue weighted by Crippen LogP contribution is -2.25. The van der Waals surface area contributed by atoms with E-state index in [0.717, 1.165) is 0 Å². The monoisotopic (exact) mass is 444 g/mol. The van der Waals surface area contributed by atoms with Crippen molar-refractivity contribution in [3.05, 3.63) is 44.0 Å². The fourth-order valence-corrected chi connectivity index (χ4v) is 3.66. The maximum atomic E-state index is 12.1. The van der Waals surface area contributed by atoms with Crippen LogP contribution in [0, 0.1) is 0 Å². The van der Waals surface area contributed by atoms with Crippen LogP contribution in [0.3, 0.4) is 0 Å². The molecule has 0 bridgehead atoms. The predicted octanol–water partition coefficient (Wildman–Crippen LogP) is 4.71. The van der Waals surface area contributed by atoms with E-state index < -0.39 is 0 Å². The van der Waals surface area contributed by atoms with Crippen LogP contribution in [-0.4, -0.2) is 25.0 Å². The summed E-state index contributed by atoms with van der Waals surface area (Å²) in [6.07, 6.45) is 0.813. The van der Waals surface area contributed by atoms with E-state index in [1.807, 2.05) is 12.3 Å². The van der Waals surface area contributed by atoms with E-state index in [9.17, 15) is 9.59 Å². The minimum absolute atomic E-state index is 0.126. The first-order chi connectivity index (χ1) is 12.0. The topological polar surface area (TPSA) is 67.4 Å². The normalized spacial score (nSPS) is 10.4. The minimum atomic E-state index is -0.167. The van der Waals surface area contributed by atoms with E-state index in [-0.39, 0.29) is 18.2 Å². The van der Waals surface area contributed by atoms with Crippen LogP contribution in [0.25, 0.3) is 0 Å². The third kappa shape index (κ3) is 6.02. The van der Waals surface area contributed by atoms with Crippen LogP contribution in [0.4, 0.5) is 5.69 Å². The van der Waals surface area contributed by atoms with Crippen LogP contribution < -0.4 is 15.4 Å². The van der Waals surface area contributed by atoms with Gasteiger partial charge in [-0.15, -0.1) is 0 Å². The van der Waals surface area contributed by atoms with Gasteiger partial charge in [-0.2, -0.15) is 11.3 Å². The smallest absolute Gasteiger partial charge is 0.252 e. The fraction of sp³-hybridized carbons (Fsp3) is 0.294. The van der Waals surface area contributed by atoms with Gasteiger partial charge in [-0.1, -0.05) is 11.6 Å². The van der Waals surface area contributed by atoms with Crippen LogP contribution >= 0.6 is 38.9 Å². The first-order valence-corrected chi connectivity index (χ1v) is 9.84. The van der Waals surface area contributed by atoms with Crippen molar-refractivity contribution in [2.45, 2.75) is 19.8 Å². The number of amides is 2. The molecule has 134 valence electrons. The van der Waals surface area contributed by atoms with Gasteiger partial charge in [0.2, 0.25) is 5.91 Å². The molecule has 2 aromatic rings. The number of ether oxygens (including phenoxy) is 1. The first kappa shape index (κ1) is 19.8. The summed E-state index contributed by atoms with van der Waals surface area (Å²) in [5.74, 6) is 0.255. The maximum absolute atomic E-state index is 12.1. The van der Waals surface area contributed by atoms with E-state index in [4.69, 9.17) is 16.3 Å². The lowest BCUT2D eigenvalue weighted by molar-refractivity contribution is -0.116. The molecule has 2 amide bonds. The van der Waals surface area contributed by atoms with E-state index in [1.54, 1.807) is 23.6 Å². The summed E-state index contributed by atoms with van der Waals surface area (Å²) < 4.78 is 6.23. The Bertz CT molecular complexity index is 738. The number of hydrogen-bond acceptors (Lipinski definition) is 4. The van der Waals surface area contributed by atoms with Gasteiger partial charge in [-0.05, 0) is 52.9 Å². The highest BCUT2D eigenvalue weighted by Crippen LogP contribution is 2.36. The maximum Gasteiger partial charge on any atom is 0.252 e. The Morgan fingerprint density at radius 1 is 1.36 bits per heavy atom. The molecule has 0 spiro atoms. The highest BCUT2D eigenvalue weighted by atomic mass is 79.9. The number of carbonyl (C=O) groups excluding carboxylic acids is 2. The van der Waals surface area contributed by atoms with Crippen LogP contribution in [-0.2, 0) is 4.79 Å². The van der Waals surface area contributed by atoms with E-state index in [0.29, 0.717) is 46.1 Å². The number of hydrogen-bond donors (Lipinski definition) is 2. The highest BCUT2D eigenvalue weighted by Gasteiger charge is 2.13. The van der Waals surface area contributed by atoms with Crippen molar-refractivity contribution in [2.24, 2.45) is 0 Å². The van der Waals surface area contributed by atoms with Crippen molar-refractivity contribution in [2.75, 3.05) is 18.5 Å². The molecule has 0 radical (unpaired) electrons. The SMILES string of the molecule is CCOc1c(Br)cc(Cl)cc1NC(=O)CCCNC(=O)c1ccsc1. The molecule has 0 aliphatic carbocycles. The van der Waals surface area contributed by atoms with Gasteiger partial charge in [0, 0.05) is 28.9 Å². The summed E-state index contributed by atoms with van der Waals surface area (Å²) in [6, 6.07) is 5.12. The number of thiophene rings is 1. The molecule has 2 rings (SSSR count). The van der Waals surface area contributed by atoms with E-state index >= 15 is 0 Å².